The second-order valence-corrected chi connectivity index (χ2v) is 5.51. The maximum atomic E-state index is 6.06. The smallest absolute Gasteiger partial charge is 0.137 e. The van der Waals surface area contributed by atoms with Crippen molar-refractivity contribution in [2.45, 2.75) is 32.6 Å². The highest BCUT2D eigenvalue weighted by Crippen LogP contribution is 2.27. The summed E-state index contributed by atoms with van der Waals surface area (Å²) >= 11 is 9.44. The maximum Gasteiger partial charge on any atom is 0.137 e. The molecule has 0 aliphatic rings. The fourth-order valence-corrected chi connectivity index (χ4v) is 2.38. The van der Waals surface area contributed by atoms with E-state index in [1.165, 1.54) is 19.3 Å². The molecule has 0 unspecified atom stereocenters. The van der Waals surface area contributed by atoms with Crippen molar-refractivity contribution in [2.24, 2.45) is 0 Å². The van der Waals surface area contributed by atoms with Gasteiger partial charge in [0.1, 0.15) is 5.75 Å². The molecule has 0 aromatic heterocycles. The van der Waals surface area contributed by atoms with Crippen molar-refractivity contribution in [2.75, 3.05) is 19.7 Å². The van der Waals surface area contributed by atoms with Crippen LogP contribution >= 0.6 is 27.5 Å². The molecule has 1 N–H and O–H groups in total. The number of ether oxygens (including phenoxy) is 1. The van der Waals surface area contributed by atoms with Crippen LogP contribution in [0.4, 0.5) is 0 Å². The lowest BCUT2D eigenvalue weighted by Crippen LogP contribution is -2.13. The summed E-state index contributed by atoms with van der Waals surface area (Å²) in [6, 6.07) is 5.70. The number of rotatable bonds is 9. The summed E-state index contributed by atoms with van der Waals surface area (Å²) in [5.41, 5.74) is 0. The zero-order valence-electron chi connectivity index (χ0n) is 10.8. The van der Waals surface area contributed by atoms with Gasteiger partial charge in [-0.1, -0.05) is 47.3 Å². The molecule has 0 radical (unpaired) electrons. The van der Waals surface area contributed by atoms with Crippen LogP contribution in [0.3, 0.4) is 0 Å². The van der Waals surface area contributed by atoms with Gasteiger partial charge < -0.3 is 10.1 Å². The van der Waals surface area contributed by atoms with Crippen LogP contribution in [0.25, 0.3) is 0 Å². The summed E-state index contributed by atoms with van der Waals surface area (Å²) in [6.45, 7) is 5.05. The first-order valence-electron chi connectivity index (χ1n) is 6.52. The minimum Gasteiger partial charge on any atom is -0.492 e. The molecule has 0 atom stereocenters. The molecule has 0 saturated heterocycles. The summed E-state index contributed by atoms with van der Waals surface area (Å²) < 4.78 is 6.63. The predicted octanol–water partition coefficient (Wildman–Crippen LogP) is 4.65. The SMILES string of the molecule is CCNCCCCCCOc1ccc(Br)cc1Cl. The lowest BCUT2D eigenvalue weighted by molar-refractivity contribution is 0.304. The Balaban J connectivity index is 2.07. The lowest BCUT2D eigenvalue weighted by Gasteiger charge is -2.08. The first-order valence-corrected chi connectivity index (χ1v) is 7.69. The quantitative estimate of drug-likeness (QED) is 0.664. The molecule has 102 valence electrons. The van der Waals surface area contributed by atoms with Crippen LogP contribution in [0.1, 0.15) is 32.6 Å². The van der Waals surface area contributed by atoms with Crippen molar-refractivity contribution < 1.29 is 4.74 Å². The van der Waals surface area contributed by atoms with Crippen LogP contribution in [-0.2, 0) is 0 Å². The van der Waals surface area contributed by atoms with E-state index < -0.39 is 0 Å². The van der Waals surface area contributed by atoms with E-state index in [2.05, 4.69) is 28.2 Å². The van der Waals surface area contributed by atoms with Gasteiger partial charge >= 0.3 is 0 Å². The van der Waals surface area contributed by atoms with E-state index in [1.807, 2.05) is 18.2 Å². The Morgan fingerprint density at radius 2 is 2.00 bits per heavy atom. The van der Waals surface area contributed by atoms with E-state index in [4.69, 9.17) is 16.3 Å². The number of halogens is 2. The predicted molar refractivity (Wildman–Crippen MR) is 81.7 cm³/mol. The molecule has 0 bridgehead atoms. The third-order valence-corrected chi connectivity index (χ3v) is 3.44. The Kier molecular flexibility index (Phi) is 8.47. The number of nitrogens with one attached hydrogen (secondary N) is 1. The van der Waals surface area contributed by atoms with Crippen LogP contribution < -0.4 is 10.1 Å². The average Bonchev–Trinajstić information content (AvgIpc) is 2.35. The molecule has 2 nitrogen and oxygen atoms in total. The minimum absolute atomic E-state index is 0.663. The van der Waals surface area contributed by atoms with Gasteiger partial charge in [-0.25, -0.2) is 0 Å². The van der Waals surface area contributed by atoms with Crippen LogP contribution in [-0.4, -0.2) is 19.7 Å². The molecular weight excluding hydrogens is 314 g/mol. The van der Waals surface area contributed by atoms with Crippen molar-refractivity contribution in [1.29, 1.82) is 0 Å². The van der Waals surface area contributed by atoms with E-state index >= 15 is 0 Å². The van der Waals surface area contributed by atoms with E-state index in [-0.39, 0.29) is 0 Å². The van der Waals surface area contributed by atoms with Crippen LogP contribution in [0.2, 0.25) is 5.02 Å². The fraction of sp³-hybridized carbons (Fsp3) is 0.571. The average molecular weight is 335 g/mol. The third kappa shape index (κ3) is 6.62. The van der Waals surface area contributed by atoms with Gasteiger partial charge in [0.05, 0.1) is 11.6 Å². The Hall–Kier alpha value is -0.250. The molecule has 0 fully saturated rings. The van der Waals surface area contributed by atoms with Gasteiger partial charge in [-0.05, 0) is 44.1 Å². The molecule has 0 aliphatic heterocycles. The molecule has 0 saturated carbocycles. The summed E-state index contributed by atoms with van der Waals surface area (Å²) in [5.74, 6) is 0.771. The molecule has 1 aromatic rings. The van der Waals surface area contributed by atoms with Gasteiger partial charge in [-0.2, -0.15) is 0 Å². The van der Waals surface area contributed by atoms with E-state index in [1.54, 1.807) is 0 Å². The van der Waals surface area contributed by atoms with Crippen molar-refractivity contribution >= 4 is 27.5 Å². The molecule has 0 amide bonds. The molecular formula is C14H21BrClNO. The number of unbranched alkanes of at least 4 members (excludes halogenated alkanes) is 3. The molecule has 18 heavy (non-hydrogen) atoms. The number of hydrogen-bond acceptors (Lipinski definition) is 2. The molecule has 0 aliphatic carbocycles. The summed E-state index contributed by atoms with van der Waals surface area (Å²) in [4.78, 5) is 0. The standard InChI is InChI=1S/C14H21BrClNO/c1-2-17-9-5-3-4-6-10-18-14-8-7-12(15)11-13(14)16/h7-8,11,17H,2-6,9-10H2,1H3. The van der Waals surface area contributed by atoms with Gasteiger partial charge in [-0.3, -0.25) is 0 Å². The maximum absolute atomic E-state index is 6.06. The van der Waals surface area contributed by atoms with Crippen LogP contribution in [0, 0.1) is 0 Å². The van der Waals surface area contributed by atoms with Gasteiger partial charge in [0, 0.05) is 4.47 Å². The largest absolute Gasteiger partial charge is 0.492 e. The Labute approximate surface area is 123 Å². The van der Waals surface area contributed by atoms with Gasteiger partial charge in [0.15, 0.2) is 0 Å². The van der Waals surface area contributed by atoms with Crippen LogP contribution in [0.5, 0.6) is 5.75 Å². The normalized spacial score (nSPS) is 10.6. The van der Waals surface area contributed by atoms with Crippen molar-refractivity contribution in [1.82, 2.24) is 5.32 Å². The molecule has 0 heterocycles. The van der Waals surface area contributed by atoms with Crippen molar-refractivity contribution in [3.05, 3.63) is 27.7 Å². The fourth-order valence-electron chi connectivity index (χ4n) is 1.66. The Bertz CT molecular complexity index is 347. The second-order valence-electron chi connectivity index (χ2n) is 4.19. The first-order chi connectivity index (χ1) is 8.74. The van der Waals surface area contributed by atoms with E-state index in [0.717, 1.165) is 36.3 Å². The Morgan fingerprint density at radius 3 is 2.72 bits per heavy atom. The molecule has 4 heteroatoms. The molecule has 0 spiro atoms. The molecule has 1 rings (SSSR count). The van der Waals surface area contributed by atoms with Gasteiger partial charge in [0.25, 0.3) is 0 Å². The second kappa shape index (κ2) is 9.65. The number of benzene rings is 1. The zero-order valence-corrected chi connectivity index (χ0v) is 13.2. The van der Waals surface area contributed by atoms with Gasteiger partial charge in [0.2, 0.25) is 0 Å². The van der Waals surface area contributed by atoms with Crippen LogP contribution in [0.15, 0.2) is 22.7 Å². The molecule has 1 aromatic carbocycles. The Morgan fingerprint density at radius 1 is 1.22 bits per heavy atom. The monoisotopic (exact) mass is 333 g/mol. The third-order valence-electron chi connectivity index (χ3n) is 2.65. The van der Waals surface area contributed by atoms with E-state index in [0.29, 0.717) is 5.02 Å². The summed E-state index contributed by atoms with van der Waals surface area (Å²) in [7, 11) is 0. The highest BCUT2D eigenvalue weighted by atomic mass is 79.9. The van der Waals surface area contributed by atoms with E-state index in [9.17, 15) is 0 Å². The highest BCUT2D eigenvalue weighted by molar-refractivity contribution is 9.10. The summed E-state index contributed by atoms with van der Waals surface area (Å²) in [5, 5.41) is 3.99. The lowest BCUT2D eigenvalue weighted by atomic mass is 10.2. The van der Waals surface area contributed by atoms with Crippen molar-refractivity contribution in [3.63, 3.8) is 0 Å². The zero-order chi connectivity index (χ0) is 13.2. The highest BCUT2D eigenvalue weighted by Gasteiger charge is 2.01. The van der Waals surface area contributed by atoms with Gasteiger partial charge in [-0.15, -0.1) is 0 Å². The topological polar surface area (TPSA) is 21.3 Å². The minimum atomic E-state index is 0.663. The first kappa shape index (κ1) is 15.8. The number of hydrogen-bond donors (Lipinski definition) is 1. The summed E-state index contributed by atoms with van der Waals surface area (Å²) in [6.07, 6.45) is 4.79. The van der Waals surface area contributed by atoms with Crippen molar-refractivity contribution in [3.8, 4) is 5.75 Å².